The van der Waals surface area contributed by atoms with Crippen LogP contribution in [0.25, 0.3) is 0 Å². The summed E-state index contributed by atoms with van der Waals surface area (Å²) in [7, 11) is 3.22. The first-order valence-corrected chi connectivity index (χ1v) is 6.08. The Morgan fingerprint density at radius 1 is 1.18 bits per heavy atom. The van der Waals surface area contributed by atoms with Gasteiger partial charge in [0.15, 0.2) is 5.78 Å². The van der Waals surface area contributed by atoms with Crippen LogP contribution in [-0.4, -0.2) is 51.2 Å². The number of rotatable bonds is 4. The molecule has 0 aromatic heterocycles. The largest absolute Gasteiger partial charge is 0.382 e. The zero-order valence-corrected chi connectivity index (χ0v) is 10.4. The normalized spacial score (nSPS) is 32.2. The fraction of sp³-hybridized carbons (Fsp3) is 0.917. The van der Waals surface area contributed by atoms with Crippen molar-refractivity contribution in [3.05, 3.63) is 0 Å². The van der Waals surface area contributed by atoms with E-state index in [2.05, 4.69) is 0 Å². The van der Waals surface area contributed by atoms with Crippen LogP contribution in [0.15, 0.2) is 0 Å². The Hall–Kier alpha value is -0.490. The Morgan fingerprint density at radius 2 is 1.76 bits per heavy atom. The molecule has 2 fully saturated rings. The molecule has 0 bridgehead atoms. The number of carbonyl (C=O) groups excluding carboxylic acids is 1. The molecule has 17 heavy (non-hydrogen) atoms. The Kier molecular flexibility index (Phi) is 4.14. The Bertz CT molecular complexity index is 264. The van der Waals surface area contributed by atoms with Gasteiger partial charge in [-0.2, -0.15) is 0 Å². The van der Waals surface area contributed by atoms with Gasteiger partial charge >= 0.3 is 0 Å². The van der Waals surface area contributed by atoms with Crippen molar-refractivity contribution >= 4 is 5.78 Å². The highest BCUT2D eigenvalue weighted by atomic mass is 16.8. The van der Waals surface area contributed by atoms with Gasteiger partial charge in [0.2, 0.25) is 5.79 Å². The zero-order chi connectivity index (χ0) is 12.3. The molecule has 2 atom stereocenters. The van der Waals surface area contributed by atoms with Gasteiger partial charge in [0.25, 0.3) is 0 Å². The lowest BCUT2D eigenvalue weighted by Crippen LogP contribution is -2.43. The molecule has 2 rings (SSSR count). The quantitative estimate of drug-likeness (QED) is 0.735. The molecule has 5 heteroatoms. The van der Waals surface area contributed by atoms with Crippen molar-refractivity contribution in [3.8, 4) is 0 Å². The number of Topliss-reactive ketones (excluding diaryl/α,β-unsaturated/α-hetero) is 1. The SMILES string of the molecule is COC[C@H]1OC2(CCCCC2=O)O[C@@H]1COC. The van der Waals surface area contributed by atoms with E-state index in [-0.39, 0.29) is 18.0 Å². The van der Waals surface area contributed by atoms with E-state index in [1.165, 1.54) is 0 Å². The third kappa shape index (κ3) is 2.52. The van der Waals surface area contributed by atoms with E-state index >= 15 is 0 Å². The van der Waals surface area contributed by atoms with Crippen molar-refractivity contribution in [1.82, 2.24) is 0 Å². The van der Waals surface area contributed by atoms with Crippen molar-refractivity contribution in [2.24, 2.45) is 0 Å². The molecule has 0 unspecified atom stereocenters. The Morgan fingerprint density at radius 3 is 2.24 bits per heavy atom. The summed E-state index contributed by atoms with van der Waals surface area (Å²) in [5, 5.41) is 0. The lowest BCUT2D eigenvalue weighted by atomic mass is 9.93. The monoisotopic (exact) mass is 244 g/mol. The van der Waals surface area contributed by atoms with Gasteiger partial charge in [-0.15, -0.1) is 0 Å². The lowest BCUT2D eigenvalue weighted by molar-refractivity contribution is -0.199. The van der Waals surface area contributed by atoms with Crippen LogP contribution in [0.4, 0.5) is 0 Å². The van der Waals surface area contributed by atoms with Crippen LogP contribution < -0.4 is 0 Å². The first-order chi connectivity index (χ1) is 8.22. The number of methoxy groups -OCH3 is 2. The standard InChI is InChI=1S/C12H20O5/c1-14-7-9-10(8-15-2)17-12(16-9)6-4-3-5-11(12)13/h9-10H,3-8H2,1-2H3/t9-,10-/m1/s1. The van der Waals surface area contributed by atoms with E-state index in [1.807, 2.05) is 0 Å². The predicted octanol–water partition coefficient (Wildman–Crippen LogP) is 0.903. The molecule has 98 valence electrons. The highest BCUT2D eigenvalue weighted by Gasteiger charge is 2.53. The first-order valence-electron chi connectivity index (χ1n) is 6.08. The molecule has 0 aromatic rings. The molecule has 0 amide bonds. The van der Waals surface area contributed by atoms with Crippen molar-refractivity contribution in [1.29, 1.82) is 0 Å². The molecule has 1 heterocycles. The highest BCUT2D eigenvalue weighted by molar-refractivity contribution is 5.86. The molecule has 1 aliphatic carbocycles. The van der Waals surface area contributed by atoms with Crippen LogP contribution in [-0.2, 0) is 23.7 Å². The Balaban J connectivity index is 2.08. The van der Waals surface area contributed by atoms with E-state index in [4.69, 9.17) is 18.9 Å². The average molecular weight is 244 g/mol. The zero-order valence-electron chi connectivity index (χ0n) is 10.4. The maximum Gasteiger partial charge on any atom is 0.229 e. The fourth-order valence-corrected chi connectivity index (χ4v) is 2.50. The topological polar surface area (TPSA) is 54.0 Å². The summed E-state index contributed by atoms with van der Waals surface area (Å²) in [6.45, 7) is 0.839. The summed E-state index contributed by atoms with van der Waals surface area (Å²) in [6.07, 6.45) is 2.64. The maximum absolute atomic E-state index is 12.0. The summed E-state index contributed by atoms with van der Waals surface area (Å²) < 4.78 is 21.9. The van der Waals surface area contributed by atoms with Crippen LogP contribution in [0.1, 0.15) is 25.7 Å². The van der Waals surface area contributed by atoms with E-state index in [0.717, 1.165) is 12.8 Å². The number of ketones is 1. The van der Waals surface area contributed by atoms with Crippen LogP contribution in [0.2, 0.25) is 0 Å². The van der Waals surface area contributed by atoms with Crippen LogP contribution in [0.3, 0.4) is 0 Å². The minimum Gasteiger partial charge on any atom is -0.382 e. The lowest BCUT2D eigenvalue weighted by Gasteiger charge is -2.30. The first kappa shape index (κ1) is 13.0. The molecule has 1 saturated heterocycles. The van der Waals surface area contributed by atoms with Crippen LogP contribution in [0.5, 0.6) is 0 Å². The van der Waals surface area contributed by atoms with Gasteiger partial charge in [0.05, 0.1) is 13.2 Å². The summed E-state index contributed by atoms with van der Waals surface area (Å²) in [6, 6.07) is 0. The fourth-order valence-electron chi connectivity index (χ4n) is 2.50. The van der Waals surface area contributed by atoms with Crippen molar-refractivity contribution in [3.63, 3.8) is 0 Å². The second-order valence-corrected chi connectivity index (χ2v) is 4.61. The number of ether oxygens (including phenoxy) is 4. The van der Waals surface area contributed by atoms with Gasteiger partial charge in [0, 0.05) is 27.1 Å². The summed E-state index contributed by atoms with van der Waals surface area (Å²) in [4.78, 5) is 12.0. The molecule has 2 aliphatic rings. The third-order valence-corrected chi connectivity index (χ3v) is 3.34. The van der Waals surface area contributed by atoms with Crippen molar-refractivity contribution < 1.29 is 23.7 Å². The van der Waals surface area contributed by atoms with E-state index < -0.39 is 5.79 Å². The van der Waals surface area contributed by atoms with Crippen LogP contribution in [0, 0.1) is 0 Å². The van der Waals surface area contributed by atoms with Crippen LogP contribution >= 0.6 is 0 Å². The average Bonchev–Trinajstić information content (AvgIpc) is 2.64. The number of carbonyl (C=O) groups is 1. The highest BCUT2D eigenvalue weighted by Crippen LogP contribution is 2.38. The minimum absolute atomic E-state index is 0.0588. The summed E-state index contributed by atoms with van der Waals surface area (Å²) in [5.41, 5.74) is 0. The summed E-state index contributed by atoms with van der Waals surface area (Å²) in [5.74, 6) is -0.964. The molecular formula is C12H20O5. The smallest absolute Gasteiger partial charge is 0.229 e. The van der Waals surface area contributed by atoms with Crippen molar-refractivity contribution in [2.75, 3.05) is 27.4 Å². The summed E-state index contributed by atoms with van der Waals surface area (Å²) >= 11 is 0. The van der Waals surface area contributed by atoms with Gasteiger partial charge in [-0.25, -0.2) is 0 Å². The van der Waals surface area contributed by atoms with E-state index in [9.17, 15) is 4.79 Å². The van der Waals surface area contributed by atoms with E-state index in [0.29, 0.717) is 26.1 Å². The number of hydrogen-bond acceptors (Lipinski definition) is 5. The van der Waals surface area contributed by atoms with Gasteiger partial charge in [-0.05, 0) is 12.8 Å². The van der Waals surface area contributed by atoms with E-state index in [1.54, 1.807) is 14.2 Å². The molecule has 5 nitrogen and oxygen atoms in total. The molecule has 0 aromatic carbocycles. The molecule has 1 spiro atoms. The van der Waals surface area contributed by atoms with Gasteiger partial charge in [-0.1, -0.05) is 0 Å². The Labute approximate surface area is 101 Å². The van der Waals surface area contributed by atoms with Gasteiger partial charge < -0.3 is 18.9 Å². The van der Waals surface area contributed by atoms with Gasteiger partial charge in [-0.3, -0.25) is 4.79 Å². The van der Waals surface area contributed by atoms with Crippen molar-refractivity contribution in [2.45, 2.75) is 43.7 Å². The second kappa shape index (κ2) is 5.44. The molecular weight excluding hydrogens is 224 g/mol. The van der Waals surface area contributed by atoms with Gasteiger partial charge in [0.1, 0.15) is 12.2 Å². The molecule has 1 saturated carbocycles. The predicted molar refractivity (Wildman–Crippen MR) is 59.7 cm³/mol. The third-order valence-electron chi connectivity index (χ3n) is 3.34. The number of hydrogen-bond donors (Lipinski definition) is 0. The molecule has 1 aliphatic heterocycles. The second-order valence-electron chi connectivity index (χ2n) is 4.61. The minimum atomic E-state index is -1.02. The molecule has 0 N–H and O–H groups in total. The maximum atomic E-state index is 12.0. The molecule has 0 radical (unpaired) electrons.